The molecule has 0 aliphatic heterocycles. The van der Waals surface area contributed by atoms with Crippen molar-refractivity contribution >= 4 is 43.5 Å². The van der Waals surface area contributed by atoms with E-state index in [1.54, 1.807) is 0 Å². The lowest BCUT2D eigenvalue weighted by atomic mass is 10.5. The van der Waals surface area contributed by atoms with Crippen LogP contribution in [0.1, 0.15) is 13.3 Å². The van der Waals surface area contributed by atoms with Crippen molar-refractivity contribution < 1.29 is 13.2 Å². The van der Waals surface area contributed by atoms with Crippen LogP contribution in [0.15, 0.2) is 21.6 Å². The second-order valence-electron chi connectivity index (χ2n) is 3.62. The van der Waals surface area contributed by atoms with Gasteiger partial charge in [-0.25, -0.2) is 18.1 Å². The quantitative estimate of drug-likeness (QED) is 0.739. The lowest BCUT2D eigenvalue weighted by molar-refractivity contribution is -0.119. The molecule has 0 spiro atoms. The van der Waals surface area contributed by atoms with E-state index >= 15 is 0 Å². The minimum atomic E-state index is -3.87. The molecule has 1 aromatic heterocycles. The minimum Gasteiger partial charge on any atom is -0.355 e. The van der Waals surface area contributed by atoms with Crippen LogP contribution in [0, 0.1) is 0 Å². The number of hydrogen-bond acceptors (Lipinski definition) is 4. The van der Waals surface area contributed by atoms with Gasteiger partial charge in [-0.1, -0.05) is 18.5 Å². The van der Waals surface area contributed by atoms with Gasteiger partial charge in [0, 0.05) is 17.2 Å². The molecule has 1 amide bonds. The summed E-state index contributed by atoms with van der Waals surface area (Å²) < 4.78 is 26.5. The predicted molar refractivity (Wildman–Crippen MR) is 75.4 cm³/mol. The van der Waals surface area contributed by atoms with Gasteiger partial charge in [0.15, 0.2) is 0 Å². The summed E-state index contributed by atoms with van der Waals surface area (Å²) in [7, 11) is -3.87. The Kier molecular flexibility index (Phi) is 6.18. The molecule has 0 atom stereocenters. The van der Waals surface area contributed by atoms with Gasteiger partial charge in [0.1, 0.15) is 10.0 Å². The lowest BCUT2D eigenvalue weighted by Gasteiger charge is -2.08. The number of pyridine rings is 1. The largest absolute Gasteiger partial charge is 0.355 e. The number of amides is 1. The van der Waals surface area contributed by atoms with Crippen molar-refractivity contribution in [1.82, 2.24) is 15.0 Å². The van der Waals surface area contributed by atoms with E-state index in [0.29, 0.717) is 11.0 Å². The van der Waals surface area contributed by atoms with E-state index in [0.717, 1.165) is 6.42 Å². The Hall–Kier alpha value is -0.700. The van der Waals surface area contributed by atoms with Crippen LogP contribution >= 0.6 is 27.5 Å². The summed E-state index contributed by atoms with van der Waals surface area (Å²) in [6, 6.07) is 1.32. The lowest BCUT2D eigenvalue weighted by Crippen LogP contribution is -2.37. The second-order valence-corrected chi connectivity index (χ2v) is 6.63. The van der Waals surface area contributed by atoms with Crippen LogP contribution in [-0.2, 0) is 14.8 Å². The zero-order chi connectivity index (χ0) is 14.5. The van der Waals surface area contributed by atoms with E-state index in [1.165, 1.54) is 12.3 Å². The van der Waals surface area contributed by atoms with Crippen molar-refractivity contribution in [3.05, 3.63) is 21.9 Å². The highest BCUT2D eigenvalue weighted by atomic mass is 79.9. The number of aromatic nitrogens is 1. The summed E-state index contributed by atoms with van der Waals surface area (Å²) in [6.45, 7) is 2.06. The summed E-state index contributed by atoms with van der Waals surface area (Å²) in [4.78, 5) is 14.9. The van der Waals surface area contributed by atoms with Crippen molar-refractivity contribution in [2.75, 3.05) is 13.1 Å². The molecule has 106 valence electrons. The SMILES string of the molecule is CCCNC(=O)CNS(=O)(=O)c1cc(Br)cnc1Cl. The van der Waals surface area contributed by atoms with E-state index in [1.807, 2.05) is 6.92 Å². The fourth-order valence-corrected chi connectivity index (χ4v) is 3.08. The molecule has 6 nitrogen and oxygen atoms in total. The number of halogens is 2. The molecule has 0 aromatic carbocycles. The molecular weight excluding hydrogens is 358 g/mol. The number of nitrogens with one attached hydrogen (secondary N) is 2. The number of hydrogen-bond donors (Lipinski definition) is 2. The molecule has 0 unspecified atom stereocenters. The van der Waals surface area contributed by atoms with Crippen LogP contribution < -0.4 is 10.0 Å². The summed E-state index contributed by atoms with van der Waals surface area (Å²) in [6.07, 6.45) is 2.16. The standard InChI is InChI=1S/C10H13BrClN3O3S/c1-2-3-13-9(16)6-15-19(17,18)8-4-7(11)5-14-10(8)12/h4-5,15H,2-3,6H2,1H3,(H,13,16). The maximum Gasteiger partial charge on any atom is 0.244 e. The molecular formula is C10H13BrClN3O3S. The zero-order valence-corrected chi connectivity index (χ0v) is 13.3. The highest BCUT2D eigenvalue weighted by Gasteiger charge is 2.20. The molecule has 2 N–H and O–H groups in total. The maximum atomic E-state index is 11.9. The van der Waals surface area contributed by atoms with E-state index in [-0.39, 0.29) is 16.6 Å². The van der Waals surface area contributed by atoms with E-state index in [9.17, 15) is 13.2 Å². The fraction of sp³-hybridized carbons (Fsp3) is 0.400. The number of carbonyl (C=O) groups excluding carboxylic acids is 1. The van der Waals surface area contributed by atoms with Gasteiger partial charge in [0.25, 0.3) is 0 Å². The average Bonchev–Trinajstić information content (AvgIpc) is 2.36. The number of sulfonamides is 1. The third kappa shape index (κ3) is 5.06. The van der Waals surface area contributed by atoms with Crippen LogP contribution in [0.25, 0.3) is 0 Å². The highest BCUT2D eigenvalue weighted by molar-refractivity contribution is 9.10. The van der Waals surface area contributed by atoms with Crippen molar-refractivity contribution in [3.8, 4) is 0 Å². The molecule has 0 fully saturated rings. The molecule has 0 aliphatic carbocycles. The molecule has 0 bridgehead atoms. The Balaban J connectivity index is 2.76. The van der Waals surface area contributed by atoms with Crippen molar-refractivity contribution in [2.24, 2.45) is 0 Å². The van der Waals surface area contributed by atoms with Gasteiger partial charge in [-0.15, -0.1) is 0 Å². The van der Waals surface area contributed by atoms with Crippen molar-refractivity contribution in [1.29, 1.82) is 0 Å². The highest BCUT2D eigenvalue weighted by Crippen LogP contribution is 2.22. The summed E-state index contributed by atoms with van der Waals surface area (Å²) in [5, 5.41) is 2.41. The molecule has 0 saturated carbocycles. The summed E-state index contributed by atoms with van der Waals surface area (Å²) in [5.41, 5.74) is 0. The monoisotopic (exact) mass is 369 g/mol. The Morgan fingerprint density at radius 3 is 2.84 bits per heavy atom. The first-order valence-corrected chi connectivity index (χ1v) is 8.09. The molecule has 9 heteroatoms. The van der Waals surface area contributed by atoms with Crippen LogP contribution in [0.3, 0.4) is 0 Å². The normalized spacial score (nSPS) is 11.3. The molecule has 0 radical (unpaired) electrons. The zero-order valence-electron chi connectivity index (χ0n) is 10.1. The summed E-state index contributed by atoms with van der Waals surface area (Å²) >= 11 is 8.84. The maximum absolute atomic E-state index is 11.9. The van der Waals surface area contributed by atoms with E-state index < -0.39 is 15.9 Å². The first-order chi connectivity index (χ1) is 8.86. The number of nitrogens with zero attached hydrogens (tertiary/aromatic N) is 1. The first kappa shape index (κ1) is 16.4. The summed E-state index contributed by atoms with van der Waals surface area (Å²) in [5.74, 6) is -0.399. The molecule has 1 rings (SSSR count). The fourth-order valence-electron chi connectivity index (χ4n) is 1.16. The third-order valence-electron chi connectivity index (χ3n) is 2.06. The third-order valence-corrected chi connectivity index (χ3v) is 4.32. The smallest absolute Gasteiger partial charge is 0.244 e. The molecule has 0 saturated heterocycles. The Bertz CT molecular complexity index is 565. The molecule has 1 heterocycles. The van der Waals surface area contributed by atoms with E-state index in [4.69, 9.17) is 11.6 Å². The van der Waals surface area contributed by atoms with Gasteiger partial charge in [0.2, 0.25) is 15.9 Å². The van der Waals surface area contributed by atoms with Gasteiger partial charge in [-0.05, 0) is 28.4 Å². The number of rotatable bonds is 6. The Morgan fingerprint density at radius 2 is 2.21 bits per heavy atom. The molecule has 19 heavy (non-hydrogen) atoms. The average molecular weight is 371 g/mol. The van der Waals surface area contributed by atoms with Crippen LogP contribution in [0.4, 0.5) is 0 Å². The van der Waals surface area contributed by atoms with Gasteiger partial charge in [-0.3, -0.25) is 4.79 Å². The topological polar surface area (TPSA) is 88.2 Å². The van der Waals surface area contributed by atoms with Crippen molar-refractivity contribution in [3.63, 3.8) is 0 Å². The Morgan fingerprint density at radius 1 is 1.53 bits per heavy atom. The van der Waals surface area contributed by atoms with Gasteiger partial charge >= 0.3 is 0 Å². The number of carbonyl (C=O) groups is 1. The van der Waals surface area contributed by atoms with Gasteiger partial charge in [-0.2, -0.15) is 0 Å². The Labute approximate surface area is 125 Å². The second kappa shape index (κ2) is 7.18. The minimum absolute atomic E-state index is 0.148. The van der Waals surface area contributed by atoms with Gasteiger partial charge < -0.3 is 5.32 Å². The predicted octanol–water partition coefficient (Wildman–Crippen LogP) is 1.30. The van der Waals surface area contributed by atoms with Crippen LogP contribution in [0.5, 0.6) is 0 Å². The van der Waals surface area contributed by atoms with Crippen LogP contribution in [-0.4, -0.2) is 32.4 Å². The molecule has 1 aromatic rings. The first-order valence-electron chi connectivity index (χ1n) is 5.44. The van der Waals surface area contributed by atoms with Crippen LogP contribution in [0.2, 0.25) is 5.15 Å². The molecule has 0 aliphatic rings. The van der Waals surface area contributed by atoms with Gasteiger partial charge in [0.05, 0.1) is 6.54 Å². The van der Waals surface area contributed by atoms with E-state index in [2.05, 4.69) is 31.0 Å². The van der Waals surface area contributed by atoms with Crippen molar-refractivity contribution in [2.45, 2.75) is 18.2 Å².